The lowest BCUT2D eigenvalue weighted by molar-refractivity contribution is 0.570. The third-order valence-corrected chi connectivity index (χ3v) is 3.84. The summed E-state index contributed by atoms with van der Waals surface area (Å²) < 4.78 is 14.1. The van der Waals surface area contributed by atoms with E-state index in [0.29, 0.717) is 26.6 Å². The van der Waals surface area contributed by atoms with Gasteiger partial charge in [-0.15, -0.1) is 0 Å². The van der Waals surface area contributed by atoms with Crippen LogP contribution < -0.4 is 5.32 Å². The number of benzene rings is 1. The molecular weight excluding hydrogens is 366 g/mol. The Balaban J connectivity index is 2.28. The first-order valence-electron chi connectivity index (χ1n) is 5.92. The van der Waals surface area contributed by atoms with Gasteiger partial charge in [0.1, 0.15) is 5.82 Å². The zero-order chi connectivity index (χ0) is 14.7. The highest BCUT2D eigenvalue weighted by Gasteiger charge is 2.16. The number of likely N-dealkylation sites (N-methyl/N-ethyl adjacent to an activating group) is 1. The van der Waals surface area contributed by atoms with Crippen LogP contribution in [0.1, 0.15) is 17.3 Å². The Labute approximate surface area is 135 Å². The molecule has 2 aromatic rings. The van der Waals surface area contributed by atoms with E-state index in [1.165, 1.54) is 12.1 Å². The molecule has 6 heteroatoms. The van der Waals surface area contributed by atoms with Gasteiger partial charge in [-0.3, -0.25) is 4.98 Å². The van der Waals surface area contributed by atoms with Crippen molar-refractivity contribution in [3.8, 4) is 0 Å². The second-order valence-electron chi connectivity index (χ2n) is 4.34. The van der Waals surface area contributed by atoms with Crippen LogP contribution in [0, 0.1) is 5.82 Å². The average Bonchev–Trinajstić information content (AvgIpc) is 2.35. The molecular formula is C14H12BrCl2FN2. The van der Waals surface area contributed by atoms with Crippen LogP contribution in [0.15, 0.2) is 34.9 Å². The number of aromatic nitrogens is 1. The van der Waals surface area contributed by atoms with E-state index < -0.39 is 0 Å². The standard InChI is InChI=1S/C14H12BrCl2FN2/c1-19-13(14-12(17)6-10(16)7-20-14)4-8-2-9(15)5-11(18)3-8/h2-3,5-7,13,19H,4H2,1H3. The van der Waals surface area contributed by atoms with Crippen molar-refractivity contribution in [2.45, 2.75) is 12.5 Å². The summed E-state index contributed by atoms with van der Waals surface area (Å²) >= 11 is 15.3. The highest BCUT2D eigenvalue weighted by atomic mass is 79.9. The maximum Gasteiger partial charge on any atom is 0.124 e. The molecule has 0 radical (unpaired) electrons. The smallest absolute Gasteiger partial charge is 0.124 e. The van der Waals surface area contributed by atoms with Crippen LogP contribution in [0.2, 0.25) is 10.0 Å². The maximum absolute atomic E-state index is 13.4. The first-order chi connectivity index (χ1) is 9.49. The molecule has 0 fully saturated rings. The predicted molar refractivity (Wildman–Crippen MR) is 83.9 cm³/mol. The Bertz CT molecular complexity index is 602. The fourth-order valence-electron chi connectivity index (χ4n) is 1.98. The molecule has 0 spiro atoms. The topological polar surface area (TPSA) is 24.9 Å². The van der Waals surface area contributed by atoms with Gasteiger partial charge in [0, 0.05) is 10.7 Å². The molecule has 0 amide bonds. The van der Waals surface area contributed by atoms with Crippen molar-refractivity contribution in [2.75, 3.05) is 7.05 Å². The van der Waals surface area contributed by atoms with Gasteiger partial charge in [-0.05, 0) is 43.3 Å². The van der Waals surface area contributed by atoms with Crippen LogP contribution in [-0.4, -0.2) is 12.0 Å². The van der Waals surface area contributed by atoms with Crippen LogP contribution in [0.25, 0.3) is 0 Å². The maximum atomic E-state index is 13.4. The van der Waals surface area contributed by atoms with Gasteiger partial charge in [0.2, 0.25) is 0 Å². The van der Waals surface area contributed by atoms with Crippen molar-refractivity contribution < 1.29 is 4.39 Å². The zero-order valence-electron chi connectivity index (χ0n) is 10.6. The molecule has 1 heterocycles. The first kappa shape index (κ1) is 15.7. The predicted octanol–water partition coefficient (Wildman–Crippen LogP) is 4.79. The quantitative estimate of drug-likeness (QED) is 0.828. The molecule has 2 nitrogen and oxygen atoms in total. The van der Waals surface area contributed by atoms with Gasteiger partial charge in [0.25, 0.3) is 0 Å². The Morgan fingerprint density at radius 2 is 2.05 bits per heavy atom. The second-order valence-corrected chi connectivity index (χ2v) is 6.10. The van der Waals surface area contributed by atoms with Crippen molar-refractivity contribution in [1.29, 1.82) is 0 Å². The van der Waals surface area contributed by atoms with E-state index >= 15 is 0 Å². The SMILES string of the molecule is CNC(Cc1cc(F)cc(Br)c1)c1ncc(Cl)cc1Cl. The Morgan fingerprint density at radius 1 is 1.30 bits per heavy atom. The Kier molecular flexibility index (Phi) is 5.38. The molecule has 1 atom stereocenters. The van der Waals surface area contributed by atoms with Crippen LogP contribution in [0.4, 0.5) is 4.39 Å². The van der Waals surface area contributed by atoms with Crippen LogP contribution in [-0.2, 0) is 6.42 Å². The number of halogens is 4. The molecule has 0 saturated heterocycles. The summed E-state index contributed by atoms with van der Waals surface area (Å²) in [6.07, 6.45) is 2.12. The van der Waals surface area contributed by atoms with Crippen molar-refractivity contribution in [3.63, 3.8) is 0 Å². The molecule has 0 bridgehead atoms. The normalized spacial score (nSPS) is 12.4. The molecule has 0 aliphatic rings. The third-order valence-electron chi connectivity index (χ3n) is 2.88. The van der Waals surface area contributed by atoms with Crippen LogP contribution >= 0.6 is 39.1 Å². The summed E-state index contributed by atoms with van der Waals surface area (Å²) in [5.74, 6) is -0.278. The number of pyridine rings is 1. The number of nitrogens with zero attached hydrogens (tertiary/aromatic N) is 1. The molecule has 1 aromatic heterocycles. The van der Waals surface area contributed by atoms with E-state index in [2.05, 4.69) is 26.2 Å². The number of rotatable bonds is 4. The summed E-state index contributed by atoms with van der Waals surface area (Å²) in [6.45, 7) is 0. The molecule has 1 unspecified atom stereocenters. The van der Waals surface area contributed by atoms with Gasteiger partial charge < -0.3 is 5.32 Å². The van der Waals surface area contributed by atoms with E-state index in [1.807, 2.05) is 13.1 Å². The lowest BCUT2D eigenvalue weighted by atomic mass is 10.0. The molecule has 1 aromatic carbocycles. The minimum absolute atomic E-state index is 0.117. The number of nitrogens with one attached hydrogen (secondary N) is 1. The van der Waals surface area contributed by atoms with Gasteiger partial charge in [0.15, 0.2) is 0 Å². The molecule has 2 rings (SSSR count). The summed E-state index contributed by atoms with van der Waals surface area (Å²) in [6, 6.07) is 6.33. The summed E-state index contributed by atoms with van der Waals surface area (Å²) in [5, 5.41) is 4.12. The van der Waals surface area contributed by atoms with Gasteiger partial charge >= 0.3 is 0 Å². The molecule has 20 heavy (non-hydrogen) atoms. The lowest BCUT2D eigenvalue weighted by Gasteiger charge is -2.17. The fraction of sp³-hybridized carbons (Fsp3) is 0.214. The molecule has 0 aliphatic carbocycles. The minimum atomic E-state index is -0.278. The summed E-state index contributed by atoms with van der Waals surface area (Å²) in [5.41, 5.74) is 1.54. The van der Waals surface area contributed by atoms with E-state index in [-0.39, 0.29) is 11.9 Å². The highest BCUT2D eigenvalue weighted by Crippen LogP contribution is 2.27. The largest absolute Gasteiger partial charge is 0.311 e. The average molecular weight is 378 g/mol. The third kappa shape index (κ3) is 3.92. The highest BCUT2D eigenvalue weighted by molar-refractivity contribution is 9.10. The summed E-state index contributed by atoms with van der Waals surface area (Å²) in [4.78, 5) is 4.26. The lowest BCUT2D eigenvalue weighted by Crippen LogP contribution is -2.20. The van der Waals surface area contributed by atoms with E-state index in [9.17, 15) is 4.39 Å². The zero-order valence-corrected chi connectivity index (χ0v) is 13.7. The van der Waals surface area contributed by atoms with Gasteiger partial charge in [-0.2, -0.15) is 0 Å². The van der Waals surface area contributed by atoms with Crippen molar-refractivity contribution in [1.82, 2.24) is 10.3 Å². The Morgan fingerprint density at radius 3 is 2.65 bits per heavy atom. The van der Waals surface area contributed by atoms with Gasteiger partial charge in [-0.25, -0.2) is 4.39 Å². The van der Waals surface area contributed by atoms with Crippen molar-refractivity contribution >= 4 is 39.1 Å². The van der Waals surface area contributed by atoms with Crippen molar-refractivity contribution in [3.05, 3.63) is 62.1 Å². The number of hydrogen-bond acceptors (Lipinski definition) is 2. The van der Waals surface area contributed by atoms with Crippen molar-refractivity contribution in [2.24, 2.45) is 0 Å². The van der Waals surface area contributed by atoms with E-state index in [4.69, 9.17) is 23.2 Å². The fourth-order valence-corrected chi connectivity index (χ4v) is 3.01. The van der Waals surface area contributed by atoms with Crippen LogP contribution in [0.3, 0.4) is 0 Å². The number of hydrogen-bond donors (Lipinski definition) is 1. The van der Waals surface area contributed by atoms with Gasteiger partial charge in [0.05, 0.1) is 21.8 Å². The second kappa shape index (κ2) is 6.85. The monoisotopic (exact) mass is 376 g/mol. The minimum Gasteiger partial charge on any atom is -0.311 e. The van der Waals surface area contributed by atoms with E-state index in [1.54, 1.807) is 12.3 Å². The van der Waals surface area contributed by atoms with Crippen LogP contribution in [0.5, 0.6) is 0 Å². The Hall–Kier alpha value is -0.680. The molecule has 106 valence electrons. The molecule has 0 saturated carbocycles. The molecule has 1 N–H and O–H groups in total. The first-order valence-corrected chi connectivity index (χ1v) is 7.47. The van der Waals surface area contributed by atoms with E-state index in [0.717, 1.165) is 5.56 Å². The summed E-state index contributed by atoms with van der Waals surface area (Å²) in [7, 11) is 1.81. The molecule has 0 aliphatic heterocycles. The van der Waals surface area contributed by atoms with Gasteiger partial charge in [-0.1, -0.05) is 39.1 Å².